The number of carbonyl (C=O) groups is 1. The lowest BCUT2D eigenvalue weighted by Crippen LogP contribution is -2.23. The van der Waals surface area contributed by atoms with Gasteiger partial charge in [-0.1, -0.05) is 0 Å². The van der Waals surface area contributed by atoms with Gasteiger partial charge >= 0.3 is 0 Å². The number of carbonyl (C=O) groups excluding carboxylic acids is 1. The summed E-state index contributed by atoms with van der Waals surface area (Å²) >= 11 is 0. The van der Waals surface area contributed by atoms with Crippen molar-refractivity contribution >= 4 is 31.5 Å². The van der Waals surface area contributed by atoms with E-state index in [4.69, 9.17) is 5.14 Å². The zero-order valence-corrected chi connectivity index (χ0v) is 16.6. The smallest absolute Gasteiger partial charge is 0.274 e. The van der Waals surface area contributed by atoms with Gasteiger partial charge in [-0.05, 0) is 49.9 Å². The summed E-state index contributed by atoms with van der Waals surface area (Å²) in [5.74, 6) is -0.307. The lowest BCUT2D eigenvalue weighted by Gasteiger charge is -2.15. The largest absolute Gasteiger partial charge is 0.321 e. The molecule has 1 fully saturated rings. The van der Waals surface area contributed by atoms with E-state index in [1.165, 1.54) is 24.3 Å². The van der Waals surface area contributed by atoms with Crippen LogP contribution in [0.25, 0.3) is 0 Å². The quantitative estimate of drug-likeness (QED) is 0.737. The van der Waals surface area contributed by atoms with Crippen molar-refractivity contribution in [1.82, 2.24) is 9.78 Å². The van der Waals surface area contributed by atoms with Crippen LogP contribution in [0, 0.1) is 0 Å². The van der Waals surface area contributed by atoms with Crippen molar-refractivity contribution in [3.8, 4) is 0 Å². The number of nitrogens with one attached hydrogen (secondary N) is 1. The van der Waals surface area contributed by atoms with Crippen LogP contribution < -0.4 is 10.5 Å². The van der Waals surface area contributed by atoms with E-state index in [0.29, 0.717) is 17.8 Å². The molecule has 1 amide bonds. The number of benzene rings is 1. The molecule has 2 aliphatic rings. The molecule has 0 unspecified atom stereocenters. The van der Waals surface area contributed by atoms with Crippen molar-refractivity contribution in [2.45, 2.75) is 36.6 Å². The van der Waals surface area contributed by atoms with Gasteiger partial charge in [0.05, 0.1) is 28.1 Å². The number of nitrogens with two attached hydrogens (primary N) is 1. The Morgan fingerprint density at radius 1 is 1.21 bits per heavy atom. The van der Waals surface area contributed by atoms with Crippen LogP contribution in [0.2, 0.25) is 0 Å². The fourth-order valence-electron chi connectivity index (χ4n) is 3.80. The lowest BCUT2D eigenvalue weighted by molar-refractivity contribution is 0.101. The van der Waals surface area contributed by atoms with Gasteiger partial charge in [0.2, 0.25) is 10.0 Å². The first kappa shape index (κ1) is 19.1. The SMILES string of the molecule is NS(=O)(=O)c1ccc(NC(=O)c2c3c(nn2[C@H]2CCS(=O)(=O)C2)CCC3)cc1. The maximum atomic E-state index is 13.0. The van der Waals surface area contributed by atoms with Gasteiger partial charge in [-0.25, -0.2) is 22.0 Å². The molecule has 1 aromatic carbocycles. The van der Waals surface area contributed by atoms with Crippen molar-refractivity contribution in [3.05, 3.63) is 41.2 Å². The summed E-state index contributed by atoms with van der Waals surface area (Å²) in [5, 5.41) is 12.4. The number of rotatable bonds is 4. The Morgan fingerprint density at radius 3 is 2.54 bits per heavy atom. The third-order valence-corrected chi connectivity index (χ3v) is 7.82. The first-order valence-corrected chi connectivity index (χ1v) is 12.3. The fraction of sp³-hybridized carbons (Fsp3) is 0.412. The number of aromatic nitrogens is 2. The zero-order valence-electron chi connectivity index (χ0n) is 15.0. The van der Waals surface area contributed by atoms with Crippen molar-refractivity contribution in [1.29, 1.82) is 0 Å². The molecule has 11 heteroatoms. The van der Waals surface area contributed by atoms with Gasteiger partial charge in [0.1, 0.15) is 5.69 Å². The Balaban J connectivity index is 1.64. The van der Waals surface area contributed by atoms with Crippen LogP contribution in [0.5, 0.6) is 0 Å². The van der Waals surface area contributed by atoms with E-state index in [1.54, 1.807) is 4.68 Å². The highest BCUT2D eigenvalue weighted by Crippen LogP contribution is 2.31. The van der Waals surface area contributed by atoms with Crippen LogP contribution in [0.1, 0.15) is 40.6 Å². The topological polar surface area (TPSA) is 141 Å². The molecular weight excluding hydrogens is 404 g/mol. The summed E-state index contributed by atoms with van der Waals surface area (Å²) in [4.78, 5) is 12.9. The first-order valence-electron chi connectivity index (χ1n) is 8.89. The molecule has 9 nitrogen and oxygen atoms in total. The highest BCUT2D eigenvalue weighted by molar-refractivity contribution is 7.91. The predicted molar refractivity (Wildman–Crippen MR) is 102 cm³/mol. The standard InChI is InChI=1S/C17H20N4O5S2/c18-28(25,26)13-6-4-11(5-7-13)19-17(22)16-14-2-1-3-15(14)20-21(16)12-8-9-27(23,24)10-12/h4-7,12H,1-3,8-10H2,(H,19,22)(H2,18,25,26)/t12-/m0/s1. The molecular formula is C17H20N4O5S2. The minimum absolute atomic E-state index is 0.0170. The molecule has 0 bridgehead atoms. The summed E-state index contributed by atoms with van der Waals surface area (Å²) in [5.41, 5.74) is 2.52. The number of hydrogen-bond acceptors (Lipinski definition) is 6. The van der Waals surface area contributed by atoms with Crippen molar-refractivity contribution in [3.63, 3.8) is 0 Å². The van der Waals surface area contributed by atoms with Crippen molar-refractivity contribution < 1.29 is 21.6 Å². The second-order valence-electron chi connectivity index (χ2n) is 7.15. The van der Waals surface area contributed by atoms with Crippen LogP contribution in [0.3, 0.4) is 0 Å². The minimum Gasteiger partial charge on any atom is -0.321 e. The number of anilines is 1. The molecule has 1 aromatic heterocycles. The number of aryl methyl sites for hydroxylation is 1. The minimum atomic E-state index is -3.81. The summed E-state index contributed by atoms with van der Waals surface area (Å²) in [7, 11) is -6.93. The van der Waals surface area contributed by atoms with Gasteiger partial charge in [0.25, 0.3) is 5.91 Å². The molecule has 1 aliphatic heterocycles. The van der Waals surface area contributed by atoms with E-state index < -0.39 is 19.9 Å². The molecule has 3 N–H and O–H groups in total. The van der Waals surface area contributed by atoms with E-state index in [-0.39, 0.29) is 28.4 Å². The number of primary sulfonamides is 1. The van der Waals surface area contributed by atoms with E-state index >= 15 is 0 Å². The molecule has 1 saturated heterocycles. The molecule has 2 heterocycles. The second-order valence-corrected chi connectivity index (χ2v) is 10.9. The molecule has 0 spiro atoms. The Kier molecular flexibility index (Phi) is 4.55. The van der Waals surface area contributed by atoms with Crippen LogP contribution in [-0.4, -0.2) is 44.0 Å². The molecule has 0 saturated carbocycles. The van der Waals surface area contributed by atoms with Crippen LogP contribution in [0.15, 0.2) is 29.2 Å². The maximum Gasteiger partial charge on any atom is 0.274 e. The van der Waals surface area contributed by atoms with Crippen LogP contribution in [0.4, 0.5) is 5.69 Å². The third kappa shape index (κ3) is 3.56. The number of sulfone groups is 1. The number of fused-ring (bicyclic) bond motifs is 1. The average molecular weight is 425 g/mol. The van der Waals surface area contributed by atoms with Gasteiger partial charge in [-0.15, -0.1) is 0 Å². The van der Waals surface area contributed by atoms with E-state index in [0.717, 1.165) is 30.5 Å². The van der Waals surface area contributed by atoms with Crippen molar-refractivity contribution in [2.24, 2.45) is 5.14 Å². The van der Waals surface area contributed by atoms with Crippen molar-refractivity contribution in [2.75, 3.05) is 16.8 Å². The Bertz CT molecular complexity index is 1150. The average Bonchev–Trinajstić information content (AvgIpc) is 3.27. The first-order chi connectivity index (χ1) is 13.1. The number of sulfonamides is 1. The highest BCUT2D eigenvalue weighted by atomic mass is 32.2. The normalized spacial score (nSPS) is 20.8. The maximum absolute atomic E-state index is 13.0. The van der Waals surface area contributed by atoms with E-state index in [1.807, 2.05) is 0 Å². The molecule has 28 heavy (non-hydrogen) atoms. The molecule has 4 rings (SSSR count). The van der Waals surface area contributed by atoms with Gasteiger partial charge in [-0.3, -0.25) is 9.48 Å². The summed E-state index contributed by atoms with van der Waals surface area (Å²) < 4.78 is 48.0. The van der Waals surface area contributed by atoms with Gasteiger partial charge in [0.15, 0.2) is 9.84 Å². The molecule has 1 aliphatic carbocycles. The Labute approximate surface area is 162 Å². The third-order valence-electron chi connectivity index (χ3n) is 5.14. The van der Waals surface area contributed by atoms with Gasteiger partial charge in [0, 0.05) is 11.3 Å². The lowest BCUT2D eigenvalue weighted by atomic mass is 10.1. The molecule has 1 atom stereocenters. The summed E-state index contributed by atoms with van der Waals surface area (Å²) in [6.07, 6.45) is 2.84. The Morgan fingerprint density at radius 2 is 1.93 bits per heavy atom. The molecule has 150 valence electrons. The van der Waals surface area contributed by atoms with E-state index in [2.05, 4.69) is 10.4 Å². The molecule has 0 radical (unpaired) electrons. The predicted octanol–water partition coefficient (Wildman–Crippen LogP) is 0.631. The second kappa shape index (κ2) is 6.68. The Hall–Kier alpha value is -2.24. The number of hydrogen-bond donors (Lipinski definition) is 2. The van der Waals surface area contributed by atoms with Crippen LogP contribution in [-0.2, 0) is 32.7 Å². The number of amides is 1. The monoisotopic (exact) mass is 424 g/mol. The fourth-order valence-corrected chi connectivity index (χ4v) is 6.01. The summed E-state index contributed by atoms with van der Waals surface area (Å²) in [6, 6.07) is 5.20. The summed E-state index contributed by atoms with van der Waals surface area (Å²) in [6.45, 7) is 0. The number of nitrogens with zero attached hydrogens (tertiary/aromatic N) is 2. The highest BCUT2D eigenvalue weighted by Gasteiger charge is 2.35. The molecule has 2 aromatic rings. The van der Waals surface area contributed by atoms with Gasteiger partial charge < -0.3 is 5.32 Å². The van der Waals surface area contributed by atoms with E-state index in [9.17, 15) is 21.6 Å². The van der Waals surface area contributed by atoms with Crippen LogP contribution >= 0.6 is 0 Å². The van der Waals surface area contributed by atoms with Gasteiger partial charge in [-0.2, -0.15) is 5.10 Å². The zero-order chi connectivity index (χ0) is 20.1.